The number of fused-ring (bicyclic) bond motifs is 1. The SMILES string of the molecule is Brc1cccc2nc(N3CCSCC3)ncc12. The van der Waals surface area contributed by atoms with Crippen LogP contribution in [0, 0.1) is 0 Å². The van der Waals surface area contributed by atoms with Crippen molar-refractivity contribution in [2.24, 2.45) is 0 Å². The van der Waals surface area contributed by atoms with Crippen LogP contribution in [0.1, 0.15) is 0 Å². The van der Waals surface area contributed by atoms with E-state index in [1.807, 2.05) is 36.2 Å². The largest absolute Gasteiger partial charge is 0.339 e. The molecule has 1 aliphatic heterocycles. The number of aromatic nitrogens is 2. The highest BCUT2D eigenvalue weighted by Gasteiger charge is 2.14. The average Bonchev–Trinajstić information content (AvgIpc) is 2.40. The minimum absolute atomic E-state index is 0.857. The molecule has 1 aliphatic rings. The topological polar surface area (TPSA) is 29.0 Å². The third kappa shape index (κ3) is 2.26. The van der Waals surface area contributed by atoms with Crippen molar-refractivity contribution >= 4 is 44.5 Å². The van der Waals surface area contributed by atoms with Crippen LogP contribution in [0.3, 0.4) is 0 Å². The van der Waals surface area contributed by atoms with Gasteiger partial charge in [0.25, 0.3) is 0 Å². The zero-order valence-electron chi connectivity index (χ0n) is 9.27. The summed E-state index contributed by atoms with van der Waals surface area (Å²) in [6.45, 7) is 2.09. The summed E-state index contributed by atoms with van der Waals surface area (Å²) in [6.07, 6.45) is 1.91. The number of halogens is 1. The van der Waals surface area contributed by atoms with Gasteiger partial charge in [-0.3, -0.25) is 0 Å². The van der Waals surface area contributed by atoms with E-state index < -0.39 is 0 Å². The first-order chi connectivity index (χ1) is 8.34. The second kappa shape index (κ2) is 4.82. The Kier molecular flexibility index (Phi) is 3.20. The second-order valence-corrected chi connectivity index (χ2v) is 6.02. The fraction of sp³-hybridized carbons (Fsp3) is 0.333. The Bertz CT molecular complexity index is 540. The van der Waals surface area contributed by atoms with Crippen LogP contribution in [0.2, 0.25) is 0 Å². The van der Waals surface area contributed by atoms with Crippen molar-refractivity contribution in [2.75, 3.05) is 29.5 Å². The highest BCUT2D eigenvalue weighted by Crippen LogP contribution is 2.24. The lowest BCUT2D eigenvalue weighted by atomic mass is 10.2. The van der Waals surface area contributed by atoms with Crippen LogP contribution in [-0.4, -0.2) is 34.6 Å². The first kappa shape index (κ1) is 11.3. The summed E-state index contributed by atoms with van der Waals surface area (Å²) in [5.74, 6) is 3.19. The molecule has 2 heterocycles. The maximum Gasteiger partial charge on any atom is 0.225 e. The van der Waals surface area contributed by atoms with Crippen molar-refractivity contribution in [1.29, 1.82) is 0 Å². The first-order valence-electron chi connectivity index (χ1n) is 5.58. The van der Waals surface area contributed by atoms with Gasteiger partial charge in [-0.25, -0.2) is 9.97 Å². The van der Waals surface area contributed by atoms with Gasteiger partial charge in [-0.05, 0) is 12.1 Å². The highest BCUT2D eigenvalue weighted by atomic mass is 79.9. The molecule has 0 aliphatic carbocycles. The third-order valence-electron chi connectivity index (χ3n) is 2.85. The van der Waals surface area contributed by atoms with E-state index in [0.717, 1.165) is 34.4 Å². The molecule has 0 amide bonds. The molecule has 3 nitrogen and oxygen atoms in total. The fourth-order valence-electron chi connectivity index (χ4n) is 1.93. The van der Waals surface area contributed by atoms with Gasteiger partial charge in [0, 0.05) is 40.7 Å². The van der Waals surface area contributed by atoms with E-state index in [1.165, 1.54) is 11.5 Å². The van der Waals surface area contributed by atoms with Gasteiger partial charge in [-0.15, -0.1) is 0 Å². The molecule has 1 aromatic carbocycles. The number of benzene rings is 1. The lowest BCUT2D eigenvalue weighted by molar-refractivity contribution is 0.820. The molecular weight excluding hydrogens is 298 g/mol. The normalized spacial score (nSPS) is 16.4. The van der Waals surface area contributed by atoms with E-state index in [9.17, 15) is 0 Å². The summed E-state index contributed by atoms with van der Waals surface area (Å²) < 4.78 is 1.05. The molecule has 0 N–H and O–H groups in total. The van der Waals surface area contributed by atoms with Gasteiger partial charge < -0.3 is 4.90 Å². The quantitative estimate of drug-likeness (QED) is 0.810. The van der Waals surface area contributed by atoms with Crippen LogP contribution >= 0.6 is 27.7 Å². The molecule has 0 atom stereocenters. The first-order valence-corrected chi connectivity index (χ1v) is 7.53. The fourth-order valence-corrected chi connectivity index (χ4v) is 3.29. The average molecular weight is 310 g/mol. The predicted molar refractivity (Wildman–Crippen MR) is 76.8 cm³/mol. The van der Waals surface area contributed by atoms with E-state index in [0.29, 0.717) is 0 Å². The van der Waals surface area contributed by atoms with Gasteiger partial charge in [-0.1, -0.05) is 22.0 Å². The van der Waals surface area contributed by atoms with Crippen molar-refractivity contribution in [2.45, 2.75) is 0 Å². The van der Waals surface area contributed by atoms with Crippen molar-refractivity contribution in [3.05, 3.63) is 28.9 Å². The summed E-state index contributed by atoms with van der Waals surface area (Å²) in [7, 11) is 0. The number of rotatable bonds is 1. The van der Waals surface area contributed by atoms with Gasteiger partial charge in [0.1, 0.15) is 0 Å². The Hall–Kier alpha value is -0.810. The Morgan fingerprint density at radius 1 is 1.24 bits per heavy atom. The Morgan fingerprint density at radius 3 is 2.88 bits per heavy atom. The minimum Gasteiger partial charge on any atom is -0.339 e. The van der Waals surface area contributed by atoms with Crippen LogP contribution in [0.5, 0.6) is 0 Å². The van der Waals surface area contributed by atoms with Gasteiger partial charge in [0.2, 0.25) is 5.95 Å². The molecule has 0 spiro atoms. The number of thioether (sulfide) groups is 1. The van der Waals surface area contributed by atoms with E-state index in [2.05, 4.69) is 30.8 Å². The van der Waals surface area contributed by atoms with E-state index in [4.69, 9.17) is 0 Å². The lowest BCUT2D eigenvalue weighted by Crippen LogP contribution is -2.33. The number of hydrogen-bond donors (Lipinski definition) is 0. The summed E-state index contributed by atoms with van der Waals surface area (Å²) in [5.41, 5.74) is 1.00. The standard InChI is InChI=1S/C12H12BrN3S/c13-10-2-1-3-11-9(10)8-14-12(15-11)16-4-6-17-7-5-16/h1-3,8H,4-7H2. The zero-order valence-corrected chi connectivity index (χ0v) is 11.7. The summed E-state index contributed by atoms with van der Waals surface area (Å²) in [5, 5.41) is 1.07. The van der Waals surface area contributed by atoms with Gasteiger partial charge >= 0.3 is 0 Å². The molecule has 5 heteroatoms. The third-order valence-corrected chi connectivity index (χ3v) is 4.49. The van der Waals surface area contributed by atoms with Crippen LogP contribution in [-0.2, 0) is 0 Å². The molecule has 17 heavy (non-hydrogen) atoms. The molecule has 88 valence electrons. The van der Waals surface area contributed by atoms with Crippen molar-refractivity contribution in [1.82, 2.24) is 9.97 Å². The van der Waals surface area contributed by atoms with Crippen LogP contribution in [0.25, 0.3) is 10.9 Å². The molecule has 0 unspecified atom stereocenters. The maximum absolute atomic E-state index is 4.64. The Labute approximate surface area is 113 Å². The molecule has 3 rings (SSSR count). The van der Waals surface area contributed by atoms with Gasteiger partial charge in [0.15, 0.2) is 0 Å². The highest BCUT2D eigenvalue weighted by molar-refractivity contribution is 9.10. The number of nitrogens with zero attached hydrogens (tertiary/aromatic N) is 3. The van der Waals surface area contributed by atoms with Crippen LogP contribution in [0.15, 0.2) is 28.9 Å². The van der Waals surface area contributed by atoms with Crippen molar-refractivity contribution in [3.8, 4) is 0 Å². The minimum atomic E-state index is 0.857. The second-order valence-electron chi connectivity index (χ2n) is 3.94. The molecule has 1 saturated heterocycles. The molecule has 0 radical (unpaired) electrons. The van der Waals surface area contributed by atoms with E-state index in [1.54, 1.807) is 0 Å². The molecule has 1 fully saturated rings. The molecule has 1 aromatic heterocycles. The molecule has 2 aromatic rings. The van der Waals surface area contributed by atoms with Gasteiger partial charge in [0.05, 0.1) is 5.52 Å². The number of hydrogen-bond acceptors (Lipinski definition) is 4. The van der Waals surface area contributed by atoms with Crippen molar-refractivity contribution in [3.63, 3.8) is 0 Å². The Morgan fingerprint density at radius 2 is 2.06 bits per heavy atom. The lowest BCUT2D eigenvalue weighted by Gasteiger charge is -2.26. The monoisotopic (exact) mass is 309 g/mol. The van der Waals surface area contributed by atoms with E-state index >= 15 is 0 Å². The Balaban J connectivity index is 2.01. The van der Waals surface area contributed by atoms with Crippen LogP contribution < -0.4 is 4.90 Å². The van der Waals surface area contributed by atoms with Crippen molar-refractivity contribution < 1.29 is 0 Å². The smallest absolute Gasteiger partial charge is 0.225 e. The molecular formula is C12H12BrN3S. The predicted octanol–water partition coefficient (Wildman–Crippen LogP) is 2.95. The van der Waals surface area contributed by atoms with Gasteiger partial charge in [-0.2, -0.15) is 11.8 Å². The summed E-state index contributed by atoms with van der Waals surface area (Å²) in [4.78, 5) is 11.4. The zero-order chi connectivity index (χ0) is 11.7. The molecule has 0 bridgehead atoms. The number of anilines is 1. The maximum atomic E-state index is 4.64. The van der Waals surface area contributed by atoms with E-state index in [-0.39, 0.29) is 0 Å². The van der Waals surface area contributed by atoms with Crippen LogP contribution in [0.4, 0.5) is 5.95 Å². The molecule has 0 saturated carbocycles. The summed E-state index contributed by atoms with van der Waals surface area (Å²) in [6, 6.07) is 6.06. The summed E-state index contributed by atoms with van der Waals surface area (Å²) >= 11 is 5.52.